The van der Waals surface area contributed by atoms with Gasteiger partial charge in [0.25, 0.3) is 5.56 Å². The minimum absolute atomic E-state index is 0.118. The van der Waals surface area contributed by atoms with Gasteiger partial charge < -0.3 is 14.6 Å². The Morgan fingerprint density at radius 3 is 2.49 bits per heavy atom. The van der Waals surface area contributed by atoms with Crippen molar-refractivity contribution in [2.75, 3.05) is 5.32 Å². The summed E-state index contributed by atoms with van der Waals surface area (Å²) in [7, 11) is 1.72. The predicted molar refractivity (Wildman–Crippen MR) is 141 cm³/mol. The molecule has 0 fully saturated rings. The average molecular weight is 468 g/mol. The number of benzene rings is 2. The maximum atomic E-state index is 13.0. The number of nitrogens with zero attached hydrogens (tertiary/aromatic N) is 2. The molecule has 0 atom stereocenters. The first kappa shape index (κ1) is 24.0. The van der Waals surface area contributed by atoms with Crippen molar-refractivity contribution in [1.82, 2.24) is 9.55 Å². The summed E-state index contributed by atoms with van der Waals surface area (Å²) in [5, 5.41) is 3.35. The van der Waals surface area contributed by atoms with Gasteiger partial charge in [-0.3, -0.25) is 14.6 Å². The van der Waals surface area contributed by atoms with E-state index in [1.54, 1.807) is 23.9 Å². The largest absolute Gasteiger partial charge is 0.456 e. The van der Waals surface area contributed by atoms with E-state index in [2.05, 4.69) is 25.7 Å². The molecule has 4 rings (SSSR count). The van der Waals surface area contributed by atoms with Crippen molar-refractivity contribution in [3.8, 4) is 22.6 Å². The van der Waals surface area contributed by atoms with Gasteiger partial charge in [-0.2, -0.15) is 0 Å². The minimum Gasteiger partial charge on any atom is -0.456 e. The van der Waals surface area contributed by atoms with Crippen molar-refractivity contribution in [1.29, 1.82) is 0 Å². The quantitative estimate of drug-likeness (QED) is 0.340. The number of aromatic nitrogens is 2. The highest BCUT2D eigenvalue weighted by atomic mass is 16.5. The Morgan fingerprint density at radius 2 is 1.83 bits per heavy atom. The van der Waals surface area contributed by atoms with Gasteiger partial charge in [0, 0.05) is 36.3 Å². The summed E-state index contributed by atoms with van der Waals surface area (Å²) < 4.78 is 8.00. The van der Waals surface area contributed by atoms with Crippen LogP contribution in [0, 0.1) is 13.8 Å². The third-order valence-electron chi connectivity index (χ3n) is 6.05. The van der Waals surface area contributed by atoms with Crippen molar-refractivity contribution < 1.29 is 9.53 Å². The van der Waals surface area contributed by atoms with E-state index in [1.807, 2.05) is 56.4 Å². The molecule has 0 aliphatic carbocycles. The van der Waals surface area contributed by atoms with Crippen molar-refractivity contribution in [2.45, 2.75) is 33.6 Å². The van der Waals surface area contributed by atoms with Gasteiger partial charge in [-0.05, 0) is 66.8 Å². The van der Waals surface area contributed by atoms with E-state index in [9.17, 15) is 9.59 Å². The van der Waals surface area contributed by atoms with Gasteiger partial charge in [0.15, 0.2) is 0 Å². The number of hydrogen-bond donors (Lipinski definition) is 1. The van der Waals surface area contributed by atoms with Crippen molar-refractivity contribution >= 4 is 22.5 Å². The maximum Gasteiger partial charge on any atom is 0.259 e. The molecular formula is C29H29N3O3. The molecular weight excluding hydrogens is 438 g/mol. The highest BCUT2D eigenvalue weighted by molar-refractivity contribution is 6.00. The van der Waals surface area contributed by atoms with E-state index in [0.29, 0.717) is 27.9 Å². The second kappa shape index (κ2) is 9.58. The zero-order valence-electron chi connectivity index (χ0n) is 20.7. The number of para-hydroxylation sites is 1. The number of aryl methyl sites for hydroxylation is 3. The normalized spacial score (nSPS) is 11.0. The van der Waals surface area contributed by atoms with E-state index in [4.69, 9.17) is 9.72 Å². The van der Waals surface area contributed by atoms with Gasteiger partial charge in [0.2, 0.25) is 5.91 Å². The Labute approximate surface area is 204 Å². The topological polar surface area (TPSA) is 73.2 Å². The molecule has 1 N–H and O–H groups in total. The molecule has 0 saturated heterocycles. The summed E-state index contributed by atoms with van der Waals surface area (Å²) >= 11 is 0. The molecule has 6 nitrogen and oxygen atoms in total. The van der Waals surface area contributed by atoms with Crippen LogP contribution in [-0.4, -0.2) is 15.5 Å². The summed E-state index contributed by atoms with van der Waals surface area (Å²) in [5.41, 5.74) is 5.48. The van der Waals surface area contributed by atoms with Crippen LogP contribution in [0.15, 0.2) is 72.3 Å². The Hall–Kier alpha value is -4.19. The fourth-order valence-electron chi connectivity index (χ4n) is 4.05. The van der Waals surface area contributed by atoms with Crippen LogP contribution in [0.1, 0.15) is 36.5 Å². The van der Waals surface area contributed by atoms with E-state index < -0.39 is 0 Å². The number of nitrogens with one attached hydrogen (secondary N) is 1. The van der Waals surface area contributed by atoms with Gasteiger partial charge in [-0.25, -0.2) is 0 Å². The average Bonchev–Trinajstić information content (AvgIpc) is 2.84. The van der Waals surface area contributed by atoms with Gasteiger partial charge >= 0.3 is 0 Å². The SMILES string of the molecule is C=CC(=O)Nc1ccc(Oc2c(C)cccc2C)c(-c2cn(C)c(=O)c3cc(C(C)C)cnc23)c1. The van der Waals surface area contributed by atoms with Crippen LogP contribution >= 0.6 is 0 Å². The van der Waals surface area contributed by atoms with Crippen LogP contribution < -0.4 is 15.6 Å². The third kappa shape index (κ3) is 4.73. The molecule has 0 radical (unpaired) electrons. The summed E-state index contributed by atoms with van der Waals surface area (Å²) in [6, 6.07) is 13.3. The highest BCUT2D eigenvalue weighted by Crippen LogP contribution is 2.39. The van der Waals surface area contributed by atoms with Crippen LogP contribution in [-0.2, 0) is 11.8 Å². The molecule has 6 heteroatoms. The molecule has 4 aromatic rings. The molecule has 0 aliphatic heterocycles. The van der Waals surface area contributed by atoms with E-state index in [0.717, 1.165) is 28.0 Å². The first-order valence-electron chi connectivity index (χ1n) is 11.5. The first-order chi connectivity index (χ1) is 16.7. The molecule has 178 valence electrons. The van der Waals surface area contributed by atoms with Crippen LogP contribution in [0.25, 0.3) is 22.0 Å². The Kier molecular flexibility index (Phi) is 6.56. The first-order valence-corrected chi connectivity index (χ1v) is 11.5. The molecule has 1 amide bonds. The van der Waals surface area contributed by atoms with Crippen molar-refractivity contribution in [2.24, 2.45) is 7.05 Å². The summed E-state index contributed by atoms with van der Waals surface area (Å²) in [6.07, 6.45) is 4.79. The van der Waals surface area contributed by atoms with E-state index >= 15 is 0 Å². The zero-order chi connectivity index (χ0) is 25.3. The van der Waals surface area contributed by atoms with Crippen LogP contribution in [0.5, 0.6) is 11.5 Å². The van der Waals surface area contributed by atoms with Crippen molar-refractivity contribution in [3.05, 3.63) is 94.6 Å². The fraction of sp³-hybridized carbons (Fsp3) is 0.207. The monoisotopic (exact) mass is 467 g/mol. The Morgan fingerprint density at radius 1 is 1.11 bits per heavy atom. The van der Waals surface area contributed by atoms with Gasteiger partial charge in [0.05, 0.1) is 10.9 Å². The van der Waals surface area contributed by atoms with Crippen LogP contribution in [0.3, 0.4) is 0 Å². The van der Waals surface area contributed by atoms with E-state index in [-0.39, 0.29) is 17.4 Å². The molecule has 0 aliphatic rings. The van der Waals surface area contributed by atoms with Gasteiger partial charge in [-0.1, -0.05) is 38.6 Å². The third-order valence-corrected chi connectivity index (χ3v) is 6.05. The second-order valence-corrected chi connectivity index (χ2v) is 9.01. The molecule has 2 aromatic heterocycles. The number of anilines is 1. The lowest BCUT2D eigenvalue weighted by Crippen LogP contribution is -2.17. The predicted octanol–water partition coefficient (Wildman–Crippen LogP) is 6.26. The van der Waals surface area contributed by atoms with Gasteiger partial charge in [0.1, 0.15) is 11.5 Å². The molecule has 0 unspecified atom stereocenters. The Balaban J connectivity index is 1.99. The van der Waals surface area contributed by atoms with Crippen LogP contribution in [0.4, 0.5) is 5.69 Å². The lowest BCUT2D eigenvalue weighted by molar-refractivity contribution is -0.111. The lowest BCUT2D eigenvalue weighted by atomic mass is 9.99. The number of fused-ring (bicyclic) bond motifs is 1. The molecule has 35 heavy (non-hydrogen) atoms. The second-order valence-electron chi connectivity index (χ2n) is 9.01. The molecule has 0 saturated carbocycles. The summed E-state index contributed by atoms with van der Waals surface area (Å²) in [4.78, 5) is 29.7. The number of amides is 1. The van der Waals surface area contributed by atoms with Crippen molar-refractivity contribution in [3.63, 3.8) is 0 Å². The molecule has 2 heterocycles. The summed E-state index contributed by atoms with van der Waals surface area (Å²) in [6.45, 7) is 11.7. The zero-order valence-corrected chi connectivity index (χ0v) is 20.7. The number of carbonyl (C=O) groups excluding carboxylic acids is 1. The van der Waals surface area contributed by atoms with Crippen LogP contribution in [0.2, 0.25) is 0 Å². The number of hydrogen-bond acceptors (Lipinski definition) is 4. The lowest BCUT2D eigenvalue weighted by Gasteiger charge is -2.18. The maximum absolute atomic E-state index is 13.0. The van der Waals surface area contributed by atoms with Gasteiger partial charge in [-0.15, -0.1) is 0 Å². The summed E-state index contributed by atoms with van der Waals surface area (Å²) in [5.74, 6) is 1.28. The molecule has 0 spiro atoms. The standard InChI is InChI=1S/C29H29N3O3/c1-7-26(33)31-21-11-12-25(35-28-18(4)9-8-10-19(28)5)22(14-21)24-16-32(6)29(34)23-13-20(17(2)3)15-30-27(23)24/h7-17H,1H2,2-6H3,(H,31,33). The number of rotatable bonds is 6. The fourth-order valence-corrected chi connectivity index (χ4v) is 4.05. The smallest absolute Gasteiger partial charge is 0.259 e. The minimum atomic E-state index is -0.315. The Bertz CT molecular complexity index is 1500. The molecule has 0 bridgehead atoms. The number of pyridine rings is 2. The highest BCUT2D eigenvalue weighted by Gasteiger charge is 2.18. The number of ether oxygens (including phenoxy) is 1. The number of carbonyl (C=O) groups is 1. The molecule has 2 aromatic carbocycles. The van der Waals surface area contributed by atoms with E-state index in [1.165, 1.54) is 6.08 Å².